The van der Waals surface area contributed by atoms with E-state index in [1.54, 1.807) is 0 Å². The molecule has 82 valence electrons. The monoisotopic (exact) mass is 206 g/mol. The SMILES string of the molecule is CCCC[C@@H](O)C(=O)Cc1ccccc1. The van der Waals surface area contributed by atoms with Crippen molar-refractivity contribution < 1.29 is 9.90 Å². The smallest absolute Gasteiger partial charge is 0.165 e. The average Bonchev–Trinajstić information content (AvgIpc) is 2.27. The first-order valence-corrected chi connectivity index (χ1v) is 5.48. The third-order valence-electron chi connectivity index (χ3n) is 2.42. The zero-order chi connectivity index (χ0) is 11.1. The van der Waals surface area contributed by atoms with Gasteiger partial charge in [-0.1, -0.05) is 50.1 Å². The van der Waals surface area contributed by atoms with Crippen LogP contribution in [0, 0.1) is 0 Å². The maximum absolute atomic E-state index is 11.6. The van der Waals surface area contributed by atoms with Gasteiger partial charge in [0, 0.05) is 6.42 Å². The van der Waals surface area contributed by atoms with Crippen LogP contribution in [0.3, 0.4) is 0 Å². The summed E-state index contributed by atoms with van der Waals surface area (Å²) in [6, 6.07) is 9.54. The molecule has 0 unspecified atom stereocenters. The number of rotatable bonds is 6. The first-order chi connectivity index (χ1) is 7.24. The Bertz CT molecular complexity index is 293. The third-order valence-corrected chi connectivity index (χ3v) is 2.42. The molecule has 1 N–H and O–H groups in total. The lowest BCUT2D eigenvalue weighted by atomic mass is 10.0. The molecular weight excluding hydrogens is 188 g/mol. The van der Waals surface area contributed by atoms with Crippen LogP contribution < -0.4 is 0 Å². The highest BCUT2D eigenvalue weighted by atomic mass is 16.3. The van der Waals surface area contributed by atoms with E-state index in [1.165, 1.54) is 0 Å². The predicted molar refractivity (Wildman–Crippen MR) is 60.7 cm³/mol. The second-order valence-corrected chi connectivity index (χ2v) is 3.79. The summed E-state index contributed by atoms with van der Waals surface area (Å²) in [5.74, 6) is -0.0744. The molecule has 2 heteroatoms. The van der Waals surface area contributed by atoms with Crippen LogP contribution >= 0.6 is 0 Å². The second-order valence-electron chi connectivity index (χ2n) is 3.79. The lowest BCUT2D eigenvalue weighted by Gasteiger charge is -2.08. The Kier molecular flexibility index (Phi) is 5.05. The summed E-state index contributed by atoms with van der Waals surface area (Å²) in [7, 11) is 0. The van der Waals surface area contributed by atoms with Crippen LogP contribution in [-0.2, 0) is 11.2 Å². The zero-order valence-electron chi connectivity index (χ0n) is 9.15. The van der Waals surface area contributed by atoms with E-state index in [-0.39, 0.29) is 5.78 Å². The van der Waals surface area contributed by atoms with Crippen LogP contribution in [0.4, 0.5) is 0 Å². The van der Waals surface area contributed by atoms with Crippen LogP contribution in [0.25, 0.3) is 0 Å². The number of carbonyl (C=O) groups excluding carboxylic acids is 1. The van der Waals surface area contributed by atoms with Crippen molar-refractivity contribution in [2.45, 2.75) is 38.7 Å². The molecule has 0 radical (unpaired) electrons. The van der Waals surface area contributed by atoms with Crippen LogP contribution in [-0.4, -0.2) is 17.0 Å². The first kappa shape index (κ1) is 11.9. The summed E-state index contributed by atoms with van der Waals surface area (Å²) < 4.78 is 0. The van der Waals surface area contributed by atoms with Crippen molar-refractivity contribution >= 4 is 5.78 Å². The molecule has 0 saturated carbocycles. The second kappa shape index (κ2) is 6.36. The number of aliphatic hydroxyl groups is 1. The van der Waals surface area contributed by atoms with Gasteiger partial charge in [0.25, 0.3) is 0 Å². The van der Waals surface area contributed by atoms with E-state index in [1.807, 2.05) is 37.3 Å². The van der Waals surface area contributed by atoms with Gasteiger partial charge in [-0.15, -0.1) is 0 Å². The van der Waals surface area contributed by atoms with Crippen LogP contribution in [0.1, 0.15) is 31.7 Å². The van der Waals surface area contributed by atoms with Gasteiger partial charge in [0.1, 0.15) is 6.10 Å². The number of hydrogen-bond acceptors (Lipinski definition) is 2. The molecule has 0 aliphatic heterocycles. The predicted octanol–water partition coefficient (Wildman–Crippen LogP) is 2.35. The highest BCUT2D eigenvalue weighted by Crippen LogP contribution is 2.06. The summed E-state index contributed by atoms with van der Waals surface area (Å²) in [6.07, 6.45) is 2.05. The molecule has 0 spiro atoms. The van der Waals surface area contributed by atoms with Crippen LogP contribution in [0.15, 0.2) is 30.3 Å². The summed E-state index contributed by atoms with van der Waals surface area (Å²) in [5.41, 5.74) is 0.970. The van der Waals surface area contributed by atoms with E-state index in [0.29, 0.717) is 12.8 Å². The number of benzene rings is 1. The number of Topliss-reactive ketones (excluding diaryl/α,β-unsaturated/α-hetero) is 1. The van der Waals surface area contributed by atoms with Crippen LogP contribution in [0.2, 0.25) is 0 Å². The molecular formula is C13H18O2. The largest absolute Gasteiger partial charge is 0.385 e. The molecule has 2 nitrogen and oxygen atoms in total. The van der Waals surface area contributed by atoms with Gasteiger partial charge in [-0.25, -0.2) is 0 Å². The lowest BCUT2D eigenvalue weighted by Crippen LogP contribution is -2.22. The standard InChI is InChI=1S/C13H18O2/c1-2-3-9-12(14)13(15)10-11-7-5-4-6-8-11/h4-8,12,14H,2-3,9-10H2,1H3/t12-/m1/s1. The normalized spacial score (nSPS) is 12.4. The average molecular weight is 206 g/mol. The topological polar surface area (TPSA) is 37.3 Å². The lowest BCUT2D eigenvalue weighted by molar-refractivity contribution is -0.126. The number of hydrogen-bond donors (Lipinski definition) is 1. The number of aliphatic hydroxyl groups excluding tert-OH is 1. The molecule has 0 heterocycles. The highest BCUT2D eigenvalue weighted by Gasteiger charge is 2.14. The Morgan fingerprint density at radius 1 is 1.33 bits per heavy atom. The number of carbonyl (C=O) groups is 1. The van der Waals surface area contributed by atoms with E-state index >= 15 is 0 Å². The van der Waals surface area contributed by atoms with E-state index in [0.717, 1.165) is 18.4 Å². The maximum atomic E-state index is 11.6. The Morgan fingerprint density at radius 2 is 2.00 bits per heavy atom. The molecule has 1 atom stereocenters. The molecule has 1 rings (SSSR count). The first-order valence-electron chi connectivity index (χ1n) is 5.48. The van der Waals surface area contributed by atoms with Crippen molar-refractivity contribution in [2.24, 2.45) is 0 Å². The molecule has 0 aliphatic rings. The molecule has 0 aromatic heterocycles. The van der Waals surface area contributed by atoms with E-state index in [9.17, 15) is 9.90 Å². The summed E-state index contributed by atoms with van der Waals surface area (Å²) >= 11 is 0. The summed E-state index contributed by atoms with van der Waals surface area (Å²) in [6.45, 7) is 2.05. The fourth-order valence-corrected chi connectivity index (χ4v) is 1.47. The quantitative estimate of drug-likeness (QED) is 0.775. The molecule has 15 heavy (non-hydrogen) atoms. The van der Waals surface area contributed by atoms with Gasteiger partial charge in [-0.2, -0.15) is 0 Å². The van der Waals surface area contributed by atoms with Gasteiger partial charge in [0.05, 0.1) is 0 Å². The minimum absolute atomic E-state index is 0.0744. The third kappa shape index (κ3) is 4.26. The molecule has 0 fully saturated rings. The Balaban J connectivity index is 2.42. The van der Waals surface area contributed by atoms with Crippen LogP contribution in [0.5, 0.6) is 0 Å². The molecule has 0 aliphatic carbocycles. The van der Waals surface area contributed by atoms with Gasteiger partial charge in [0.15, 0.2) is 5.78 Å². The molecule has 1 aromatic carbocycles. The fraction of sp³-hybridized carbons (Fsp3) is 0.462. The Morgan fingerprint density at radius 3 is 2.60 bits per heavy atom. The van der Waals surface area contributed by atoms with Gasteiger partial charge in [-0.3, -0.25) is 4.79 Å². The summed E-state index contributed by atoms with van der Waals surface area (Å²) in [4.78, 5) is 11.6. The zero-order valence-corrected chi connectivity index (χ0v) is 9.15. The van der Waals surface area contributed by atoms with Gasteiger partial charge >= 0.3 is 0 Å². The number of ketones is 1. The fourth-order valence-electron chi connectivity index (χ4n) is 1.47. The highest BCUT2D eigenvalue weighted by molar-refractivity contribution is 5.84. The maximum Gasteiger partial charge on any atom is 0.165 e. The van der Waals surface area contributed by atoms with E-state index in [2.05, 4.69) is 0 Å². The van der Waals surface area contributed by atoms with Crippen molar-refractivity contribution in [1.29, 1.82) is 0 Å². The van der Waals surface area contributed by atoms with Gasteiger partial charge in [-0.05, 0) is 12.0 Å². The number of unbranched alkanes of at least 4 members (excludes halogenated alkanes) is 1. The van der Waals surface area contributed by atoms with Crippen molar-refractivity contribution in [3.8, 4) is 0 Å². The molecule has 0 amide bonds. The van der Waals surface area contributed by atoms with E-state index in [4.69, 9.17) is 0 Å². The van der Waals surface area contributed by atoms with Crippen molar-refractivity contribution in [1.82, 2.24) is 0 Å². The van der Waals surface area contributed by atoms with E-state index < -0.39 is 6.10 Å². The molecule has 0 saturated heterocycles. The minimum Gasteiger partial charge on any atom is -0.385 e. The molecule has 1 aromatic rings. The van der Waals surface area contributed by atoms with Crippen molar-refractivity contribution in [3.05, 3.63) is 35.9 Å². The van der Waals surface area contributed by atoms with Gasteiger partial charge < -0.3 is 5.11 Å². The minimum atomic E-state index is -0.787. The van der Waals surface area contributed by atoms with Gasteiger partial charge in [0.2, 0.25) is 0 Å². The summed E-state index contributed by atoms with van der Waals surface area (Å²) in [5, 5.41) is 9.56. The van der Waals surface area contributed by atoms with Crippen molar-refractivity contribution in [2.75, 3.05) is 0 Å². The molecule has 0 bridgehead atoms. The van der Waals surface area contributed by atoms with Crippen molar-refractivity contribution in [3.63, 3.8) is 0 Å². The Labute approximate surface area is 90.9 Å². The Hall–Kier alpha value is -1.15.